The fraction of sp³-hybridized carbons (Fsp3) is 0.400. The lowest BCUT2D eigenvalue weighted by Gasteiger charge is -2.12. The molecule has 0 aliphatic rings. The lowest BCUT2D eigenvalue weighted by Crippen LogP contribution is -2.36. The molecule has 0 fully saturated rings. The molecule has 0 saturated carbocycles. The van der Waals surface area contributed by atoms with Crippen molar-refractivity contribution in [2.24, 2.45) is 0 Å². The van der Waals surface area contributed by atoms with Crippen LogP contribution < -0.4 is 4.72 Å². The van der Waals surface area contributed by atoms with Crippen molar-refractivity contribution in [2.75, 3.05) is 20.6 Å². The maximum absolute atomic E-state index is 11.4. The Hall–Kier alpha value is -0.620. The van der Waals surface area contributed by atoms with E-state index in [0.717, 1.165) is 9.87 Å². The molecule has 4 nitrogen and oxygen atoms in total. The first-order chi connectivity index (χ1) is 7.42. The number of rotatable bonds is 5. The smallest absolute Gasteiger partial charge is 0.202 e. The van der Waals surface area contributed by atoms with Gasteiger partial charge in [-0.15, -0.1) is 0 Å². The van der Waals surface area contributed by atoms with Crippen molar-refractivity contribution in [1.82, 2.24) is 9.03 Å². The Kier molecular flexibility index (Phi) is 4.73. The molecule has 6 heteroatoms. The van der Waals surface area contributed by atoms with Gasteiger partial charge in [-0.3, -0.25) is 0 Å². The van der Waals surface area contributed by atoms with Crippen molar-refractivity contribution < 1.29 is 8.42 Å². The SMILES string of the molecule is CN(C)S(=O)(=O)NCCc1cccc(Cl)c1. The van der Waals surface area contributed by atoms with Gasteiger partial charge in [0.15, 0.2) is 0 Å². The molecule has 0 unspecified atom stereocenters. The van der Waals surface area contributed by atoms with Crippen molar-refractivity contribution in [3.63, 3.8) is 0 Å². The molecule has 1 aromatic rings. The molecule has 0 radical (unpaired) electrons. The van der Waals surface area contributed by atoms with Crippen LogP contribution in [0.2, 0.25) is 5.02 Å². The molecule has 0 bridgehead atoms. The van der Waals surface area contributed by atoms with Gasteiger partial charge in [0.25, 0.3) is 10.2 Å². The van der Waals surface area contributed by atoms with E-state index < -0.39 is 10.2 Å². The van der Waals surface area contributed by atoms with E-state index in [2.05, 4.69) is 4.72 Å². The average Bonchev–Trinajstić information content (AvgIpc) is 2.17. The number of hydrogen-bond acceptors (Lipinski definition) is 2. The zero-order valence-electron chi connectivity index (χ0n) is 9.27. The van der Waals surface area contributed by atoms with E-state index in [1.807, 2.05) is 18.2 Å². The second kappa shape index (κ2) is 5.63. The molecule has 0 saturated heterocycles. The van der Waals surface area contributed by atoms with Crippen LogP contribution >= 0.6 is 11.6 Å². The fourth-order valence-electron chi connectivity index (χ4n) is 1.15. The van der Waals surface area contributed by atoms with E-state index in [-0.39, 0.29) is 0 Å². The van der Waals surface area contributed by atoms with E-state index in [1.165, 1.54) is 14.1 Å². The minimum atomic E-state index is -3.33. The van der Waals surface area contributed by atoms with E-state index in [4.69, 9.17) is 11.6 Å². The topological polar surface area (TPSA) is 49.4 Å². The Balaban J connectivity index is 2.48. The van der Waals surface area contributed by atoms with Crippen LogP contribution in [-0.2, 0) is 16.6 Å². The highest BCUT2D eigenvalue weighted by molar-refractivity contribution is 7.87. The number of benzene rings is 1. The number of nitrogens with one attached hydrogen (secondary N) is 1. The zero-order chi connectivity index (χ0) is 12.2. The van der Waals surface area contributed by atoms with Crippen molar-refractivity contribution in [3.05, 3.63) is 34.9 Å². The summed E-state index contributed by atoms with van der Waals surface area (Å²) in [6, 6.07) is 7.37. The van der Waals surface area contributed by atoms with E-state index in [0.29, 0.717) is 18.0 Å². The summed E-state index contributed by atoms with van der Waals surface area (Å²) in [5, 5.41) is 0.660. The molecule has 1 aromatic carbocycles. The highest BCUT2D eigenvalue weighted by Gasteiger charge is 2.11. The second-order valence-corrected chi connectivity index (χ2v) is 5.97. The first-order valence-electron chi connectivity index (χ1n) is 4.83. The van der Waals surface area contributed by atoms with Crippen molar-refractivity contribution in [1.29, 1.82) is 0 Å². The Morgan fingerprint density at radius 1 is 1.38 bits per heavy atom. The van der Waals surface area contributed by atoms with Crippen LogP contribution in [0, 0.1) is 0 Å². The van der Waals surface area contributed by atoms with Crippen molar-refractivity contribution in [3.8, 4) is 0 Å². The maximum Gasteiger partial charge on any atom is 0.278 e. The quantitative estimate of drug-likeness (QED) is 0.869. The van der Waals surface area contributed by atoms with Gasteiger partial charge >= 0.3 is 0 Å². The van der Waals surface area contributed by atoms with Crippen LogP contribution in [0.1, 0.15) is 5.56 Å². The van der Waals surface area contributed by atoms with Gasteiger partial charge in [-0.25, -0.2) is 4.72 Å². The molecule has 0 atom stereocenters. The zero-order valence-corrected chi connectivity index (χ0v) is 10.8. The van der Waals surface area contributed by atoms with Crippen LogP contribution in [0.15, 0.2) is 24.3 Å². The lowest BCUT2D eigenvalue weighted by atomic mass is 10.2. The van der Waals surface area contributed by atoms with Crippen molar-refractivity contribution in [2.45, 2.75) is 6.42 Å². The van der Waals surface area contributed by atoms with Crippen LogP contribution in [-0.4, -0.2) is 33.4 Å². The standard InChI is InChI=1S/C10H15ClN2O2S/c1-13(2)16(14,15)12-7-6-9-4-3-5-10(11)8-9/h3-5,8,12H,6-7H2,1-2H3. The number of halogens is 1. The molecule has 1 rings (SSSR count). The first-order valence-corrected chi connectivity index (χ1v) is 6.65. The first kappa shape index (κ1) is 13.4. The van der Waals surface area contributed by atoms with Gasteiger partial charge in [0.1, 0.15) is 0 Å². The van der Waals surface area contributed by atoms with Gasteiger partial charge in [-0.1, -0.05) is 23.7 Å². The molecular weight excluding hydrogens is 248 g/mol. The third-order valence-corrected chi connectivity index (χ3v) is 3.83. The van der Waals surface area contributed by atoms with Crippen LogP contribution in [0.5, 0.6) is 0 Å². The lowest BCUT2D eigenvalue weighted by molar-refractivity contribution is 0.506. The van der Waals surface area contributed by atoms with Crippen molar-refractivity contribution >= 4 is 21.8 Å². The van der Waals surface area contributed by atoms with Gasteiger partial charge in [0, 0.05) is 25.7 Å². The summed E-state index contributed by atoms with van der Waals surface area (Å²) in [5.41, 5.74) is 1.01. The van der Waals surface area contributed by atoms with E-state index >= 15 is 0 Å². The third kappa shape index (κ3) is 4.09. The normalized spacial score (nSPS) is 12.0. The molecule has 90 valence electrons. The van der Waals surface area contributed by atoms with Gasteiger partial charge in [-0.2, -0.15) is 12.7 Å². The van der Waals surface area contributed by atoms with Gasteiger partial charge in [0.05, 0.1) is 0 Å². The predicted molar refractivity (Wildman–Crippen MR) is 65.8 cm³/mol. The molecule has 0 amide bonds. The summed E-state index contributed by atoms with van der Waals surface area (Å²) in [5.74, 6) is 0. The predicted octanol–water partition coefficient (Wildman–Crippen LogP) is 1.28. The summed E-state index contributed by atoms with van der Waals surface area (Å²) in [4.78, 5) is 0. The third-order valence-electron chi connectivity index (χ3n) is 2.07. The largest absolute Gasteiger partial charge is 0.278 e. The molecule has 0 aromatic heterocycles. The molecular formula is C10H15ClN2O2S. The molecule has 0 aliphatic heterocycles. The Morgan fingerprint density at radius 3 is 2.62 bits per heavy atom. The minimum absolute atomic E-state index is 0.362. The molecule has 1 N–H and O–H groups in total. The maximum atomic E-state index is 11.4. The Labute approximate surface area is 101 Å². The van der Waals surface area contributed by atoms with Gasteiger partial charge in [0.2, 0.25) is 0 Å². The van der Waals surface area contributed by atoms with Gasteiger partial charge < -0.3 is 0 Å². The summed E-state index contributed by atoms with van der Waals surface area (Å²) in [7, 11) is -0.352. The van der Waals surface area contributed by atoms with Gasteiger partial charge in [-0.05, 0) is 24.1 Å². The summed E-state index contributed by atoms with van der Waals surface area (Å²) < 4.78 is 26.4. The highest BCUT2D eigenvalue weighted by Crippen LogP contribution is 2.10. The molecule has 0 spiro atoms. The van der Waals surface area contributed by atoms with Crippen LogP contribution in [0.4, 0.5) is 0 Å². The van der Waals surface area contributed by atoms with E-state index in [1.54, 1.807) is 6.07 Å². The monoisotopic (exact) mass is 262 g/mol. The van der Waals surface area contributed by atoms with E-state index in [9.17, 15) is 8.42 Å². The molecule has 0 aliphatic carbocycles. The number of nitrogens with zero attached hydrogens (tertiary/aromatic N) is 1. The molecule has 16 heavy (non-hydrogen) atoms. The summed E-state index contributed by atoms with van der Waals surface area (Å²) in [6.07, 6.45) is 0.619. The summed E-state index contributed by atoms with van der Waals surface area (Å²) in [6.45, 7) is 0.362. The Bertz CT molecular complexity index is 446. The fourth-order valence-corrected chi connectivity index (χ4v) is 1.98. The minimum Gasteiger partial charge on any atom is -0.202 e. The average molecular weight is 263 g/mol. The molecule has 0 heterocycles. The Morgan fingerprint density at radius 2 is 2.06 bits per heavy atom. The number of hydrogen-bond donors (Lipinski definition) is 1. The van der Waals surface area contributed by atoms with Crippen LogP contribution in [0.25, 0.3) is 0 Å². The second-order valence-electron chi connectivity index (χ2n) is 3.56. The van der Waals surface area contributed by atoms with Crippen LogP contribution in [0.3, 0.4) is 0 Å². The summed E-state index contributed by atoms with van der Waals surface area (Å²) >= 11 is 5.82. The highest BCUT2D eigenvalue weighted by atomic mass is 35.5.